The first-order valence-electron chi connectivity index (χ1n) is 6.38. The topological polar surface area (TPSA) is 41.9 Å². The Kier molecular flexibility index (Phi) is 4.74. The molecule has 4 nitrogen and oxygen atoms in total. The fraction of sp³-hybridized carbons (Fsp3) is 0.571. The van der Waals surface area contributed by atoms with Crippen LogP contribution in [0.25, 0.3) is 0 Å². The molecule has 1 heterocycles. The normalized spacial score (nSPS) is 23.8. The zero-order valence-electron chi connectivity index (χ0n) is 11.3. The van der Waals surface area contributed by atoms with Gasteiger partial charge in [0.15, 0.2) is 11.6 Å². The van der Waals surface area contributed by atoms with Gasteiger partial charge < -0.3 is 14.6 Å². The standard InChI is InChI=1S/C14H20FNO3/c1-18-12-6-11(9-17)16(8-12)7-10-3-4-14(19-2)13(15)5-10/h3-5,11-12,17H,6-9H2,1-2H3/t11-,12-/m0/s1. The van der Waals surface area contributed by atoms with E-state index in [1.54, 1.807) is 13.2 Å². The molecule has 2 atom stereocenters. The van der Waals surface area contributed by atoms with Gasteiger partial charge in [0.1, 0.15) is 0 Å². The first kappa shape index (κ1) is 14.2. The van der Waals surface area contributed by atoms with Crippen LogP contribution in [0.3, 0.4) is 0 Å². The average molecular weight is 269 g/mol. The highest BCUT2D eigenvalue weighted by Gasteiger charge is 2.31. The summed E-state index contributed by atoms with van der Waals surface area (Å²) in [5.74, 6) is -0.110. The number of nitrogens with zero attached hydrogens (tertiary/aromatic N) is 1. The van der Waals surface area contributed by atoms with Gasteiger partial charge >= 0.3 is 0 Å². The number of halogens is 1. The fourth-order valence-corrected chi connectivity index (χ4v) is 2.53. The van der Waals surface area contributed by atoms with E-state index in [2.05, 4.69) is 4.90 Å². The molecule has 0 bridgehead atoms. The number of aliphatic hydroxyl groups is 1. The molecule has 0 aromatic heterocycles. The van der Waals surface area contributed by atoms with Gasteiger partial charge in [-0.2, -0.15) is 0 Å². The predicted octanol–water partition coefficient (Wildman–Crippen LogP) is 1.42. The second-order valence-corrected chi connectivity index (χ2v) is 4.83. The molecule has 1 aliphatic rings. The number of benzene rings is 1. The van der Waals surface area contributed by atoms with Crippen molar-refractivity contribution in [2.45, 2.75) is 25.1 Å². The lowest BCUT2D eigenvalue weighted by Gasteiger charge is -2.22. The monoisotopic (exact) mass is 269 g/mol. The maximum Gasteiger partial charge on any atom is 0.165 e. The Labute approximate surface area is 112 Å². The van der Waals surface area contributed by atoms with Crippen molar-refractivity contribution in [3.63, 3.8) is 0 Å². The van der Waals surface area contributed by atoms with Gasteiger partial charge in [0, 0.05) is 26.2 Å². The third kappa shape index (κ3) is 3.23. The summed E-state index contributed by atoms with van der Waals surface area (Å²) >= 11 is 0. The van der Waals surface area contributed by atoms with Crippen LogP contribution in [0.1, 0.15) is 12.0 Å². The Morgan fingerprint density at radius 3 is 2.79 bits per heavy atom. The van der Waals surface area contributed by atoms with Crippen LogP contribution in [-0.2, 0) is 11.3 Å². The van der Waals surface area contributed by atoms with Gasteiger partial charge in [0.25, 0.3) is 0 Å². The maximum atomic E-state index is 13.6. The van der Waals surface area contributed by atoms with Crippen LogP contribution in [0, 0.1) is 5.82 Å². The zero-order chi connectivity index (χ0) is 13.8. The van der Waals surface area contributed by atoms with Crippen LogP contribution in [-0.4, -0.2) is 49.5 Å². The van der Waals surface area contributed by atoms with E-state index in [1.807, 2.05) is 6.07 Å². The molecule has 1 fully saturated rings. The van der Waals surface area contributed by atoms with Crippen LogP contribution >= 0.6 is 0 Å². The quantitative estimate of drug-likeness (QED) is 0.877. The first-order chi connectivity index (χ1) is 9.17. The number of aliphatic hydroxyl groups excluding tert-OH is 1. The molecule has 19 heavy (non-hydrogen) atoms. The zero-order valence-corrected chi connectivity index (χ0v) is 11.3. The van der Waals surface area contributed by atoms with Crippen LogP contribution in [0.2, 0.25) is 0 Å². The highest BCUT2D eigenvalue weighted by atomic mass is 19.1. The summed E-state index contributed by atoms with van der Waals surface area (Å²) in [5.41, 5.74) is 0.869. The van der Waals surface area contributed by atoms with Crippen LogP contribution in [0.15, 0.2) is 18.2 Å². The Morgan fingerprint density at radius 2 is 2.21 bits per heavy atom. The van der Waals surface area contributed by atoms with E-state index in [0.29, 0.717) is 6.54 Å². The second kappa shape index (κ2) is 6.32. The van der Waals surface area contributed by atoms with E-state index < -0.39 is 0 Å². The Bertz CT molecular complexity index is 427. The maximum absolute atomic E-state index is 13.6. The van der Waals surface area contributed by atoms with Crippen LogP contribution in [0.5, 0.6) is 5.75 Å². The van der Waals surface area contributed by atoms with Gasteiger partial charge in [-0.15, -0.1) is 0 Å². The van der Waals surface area contributed by atoms with Crippen LogP contribution < -0.4 is 4.74 Å². The molecule has 1 saturated heterocycles. The van der Waals surface area contributed by atoms with E-state index in [-0.39, 0.29) is 30.3 Å². The minimum absolute atomic E-state index is 0.0788. The van der Waals surface area contributed by atoms with Crippen molar-refractivity contribution in [2.24, 2.45) is 0 Å². The molecule has 1 aliphatic heterocycles. The number of likely N-dealkylation sites (tertiary alicyclic amines) is 1. The van der Waals surface area contributed by atoms with Gasteiger partial charge in [-0.05, 0) is 24.1 Å². The van der Waals surface area contributed by atoms with Crippen molar-refractivity contribution >= 4 is 0 Å². The summed E-state index contributed by atoms with van der Waals surface area (Å²) in [5, 5.41) is 9.37. The summed E-state index contributed by atoms with van der Waals surface area (Å²) in [6.45, 7) is 1.46. The second-order valence-electron chi connectivity index (χ2n) is 4.83. The summed E-state index contributed by atoms with van der Waals surface area (Å²) in [4.78, 5) is 2.12. The Balaban J connectivity index is 2.06. The molecule has 0 aliphatic carbocycles. The minimum Gasteiger partial charge on any atom is -0.494 e. The summed E-state index contributed by atoms with van der Waals surface area (Å²) in [6.07, 6.45) is 0.950. The highest BCUT2D eigenvalue weighted by molar-refractivity contribution is 5.29. The van der Waals surface area contributed by atoms with Gasteiger partial charge in [-0.25, -0.2) is 4.39 Å². The molecule has 5 heteroatoms. The third-order valence-corrected chi connectivity index (χ3v) is 3.64. The van der Waals surface area contributed by atoms with Crippen molar-refractivity contribution in [1.29, 1.82) is 0 Å². The van der Waals surface area contributed by atoms with Crippen molar-refractivity contribution in [3.05, 3.63) is 29.6 Å². The molecular formula is C14H20FNO3. The average Bonchev–Trinajstić information content (AvgIpc) is 2.81. The van der Waals surface area contributed by atoms with E-state index in [0.717, 1.165) is 18.5 Å². The SMILES string of the molecule is COc1ccc(CN2C[C@@H](OC)C[C@H]2CO)cc1F. The molecule has 0 amide bonds. The van der Waals surface area contributed by atoms with Gasteiger partial charge in [0.2, 0.25) is 0 Å². The highest BCUT2D eigenvalue weighted by Crippen LogP contribution is 2.24. The van der Waals surface area contributed by atoms with Gasteiger partial charge in [0.05, 0.1) is 19.8 Å². The number of rotatable bonds is 5. The molecule has 0 saturated carbocycles. The molecule has 1 N–H and O–H groups in total. The van der Waals surface area contributed by atoms with E-state index in [4.69, 9.17) is 9.47 Å². The summed E-state index contributed by atoms with van der Waals surface area (Å²) in [7, 11) is 3.12. The first-order valence-corrected chi connectivity index (χ1v) is 6.38. The van der Waals surface area contributed by atoms with E-state index in [1.165, 1.54) is 13.2 Å². The molecule has 0 unspecified atom stereocenters. The van der Waals surface area contributed by atoms with Crippen LogP contribution in [0.4, 0.5) is 4.39 Å². The molecular weight excluding hydrogens is 249 g/mol. The summed E-state index contributed by atoms with van der Waals surface area (Å²) < 4.78 is 23.9. The van der Waals surface area contributed by atoms with Gasteiger partial charge in [-0.1, -0.05) is 6.07 Å². The third-order valence-electron chi connectivity index (χ3n) is 3.64. The minimum atomic E-state index is -0.358. The molecule has 1 aromatic rings. The lowest BCUT2D eigenvalue weighted by molar-refractivity contribution is 0.107. The number of ether oxygens (including phenoxy) is 2. The summed E-state index contributed by atoms with van der Waals surface area (Å²) in [6, 6.07) is 5.03. The molecule has 2 rings (SSSR count). The van der Waals surface area contributed by atoms with E-state index >= 15 is 0 Å². The lowest BCUT2D eigenvalue weighted by Crippen LogP contribution is -2.32. The van der Waals surface area contributed by atoms with Crippen molar-refractivity contribution in [3.8, 4) is 5.75 Å². The molecule has 106 valence electrons. The Morgan fingerprint density at radius 1 is 1.42 bits per heavy atom. The largest absolute Gasteiger partial charge is 0.494 e. The number of hydrogen-bond donors (Lipinski definition) is 1. The van der Waals surface area contributed by atoms with E-state index in [9.17, 15) is 9.50 Å². The fourth-order valence-electron chi connectivity index (χ4n) is 2.53. The Hall–Kier alpha value is -1.17. The number of hydrogen-bond acceptors (Lipinski definition) is 4. The van der Waals surface area contributed by atoms with Crippen molar-refractivity contribution < 1.29 is 19.0 Å². The lowest BCUT2D eigenvalue weighted by atomic mass is 10.1. The number of methoxy groups -OCH3 is 2. The van der Waals surface area contributed by atoms with Crippen molar-refractivity contribution in [2.75, 3.05) is 27.4 Å². The van der Waals surface area contributed by atoms with Crippen molar-refractivity contribution in [1.82, 2.24) is 4.90 Å². The predicted molar refractivity (Wildman–Crippen MR) is 69.6 cm³/mol. The molecule has 0 radical (unpaired) electrons. The van der Waals surface area contributed by atoms with Gasteiger partial charge in [-0.3, -0.25) is 4.90 Å². The molecule has 1 aromatic carbocycles. The molecule has 0 spiro atoms. The smallest absolute Gasteiger partial charge is 0.165 e.